The molecule has 0 aliphatic rings. The second-order valence-electron chi connectivity index (χ2n) is 10.9. The Hall–Kier alpha value is -3.92. The molecule has 10 nitrogen and oxygen atoms in total. The summed E-state index contributed by atoms with van der Waals surface area (Å²) in [6.07, 6.45) is 0.602. The molecule has 0 heterocycles. The lowest BCUT2D eigenvalue weighted by Gasteiger charge is -2.28. The van der Waals surface area contributed by atoms with Gasteiger partial charge in [-0.25, -0.2) is 4.79 Å². The Balaban J connectivity index is 2.31. The number of esters is 2. The number of rotatable bonds is 15. The van der Waals surface area contributed by atoms with E-state index in [1.54, 1.807) is 43.3 Å². The summed E-state index contributed by atoms with van der Waals surface area (Å²) in [4.78, 5) is 49.2. The molecule has 3 N–H and O–H groups in total. The van der Waals surface area contributed by atoms with Crippen molar-refractivity contribution < 1.29 is 43.2 Å². The Kier molecular flexibility index (Phi) is 13.3. The van der Waals surface area contributed by atoms with E-state index in [-0.39, 0.29) is 36.9 Å². The molecule has 0 aromatic heterocycles. The molecule has 0 spiro atoms. The summed E-state index contributed by atoms with van der Waals surface area (Å²) in [7, 11) is 0. The third-order valence-electron chi connectivity index (χ3n) is 6.35. The van der Waals surface area contributed by atoms with Gasteiger partial charge >= 0.3 is 24.1 Å². The van der Waals surface area contributed by atoms with Gasteiger partial charge < -0.3 is 29.8 Å². The van der Waals surface area contributed by atoms with E-state index in [2.05, 4.69) is 0 Å². The van der Waals surface area contributed by atoms with E-state index >= 15 is 0 Å². The van der Waals surface area contributed by atoms with Gasteiger partial charge in [-0.1, -0.05) is 58.9 Å². The van der Waals surface area contributed by atoms with Crippen LogP contribution in [0.3, 0.4) is 0 Å². The molecule has 0 bridgehead atoms. The minimum atomic E-state index is -1.39. The van der Waals surface area contributed by atoms with Crippen molar-refractivity contribution in [2.24, 2.45) is 23.5 Å². The number of carbonyl (C=O) groups excluding carboxylic acids is 3. The first-order valence-electron chi connectivity index (χ1n) is 13.8. The zero-order valence-corrected chi connectivity index (χ0v) is 24.3. The summed E-state index contributed by atoms with van der Waals surface area (Å²) in [5.74, 6) is -2.84. The second-order valence-corrected chi connectivity index (χ2v) is 10.9. The van der Waals surface area contributed by atoms with Crippen LogP contribution in [0.1, 0.15) is 71.8 Å². The predicted molar refractivity (Wildman–Crippen MR) is 152 cm³/mol. The van der Waals surface area contributed by atoms with Crippen molar-refractivity contribution in [3.63, 3.8) is 0 Å². The average Bonchev–Trinajstić information content (AvgIpc) is 2.91. The Bertz CT molecular complexity index is 1160. The van der Waals surface area contributed by atoms with Gasteiger partial charge in [-0.2, -0.15) is 0 Å². The molecule has 41 heavy (non-hydrogen) atoms. The molecule has 2 aromatic rings. The summed E-state index contributed by atoms with van der Waals surface area (Å²) in [6, 6.07) is 11.4. The molecule has 0 saturated carbocycles. The number of aliphatic carboxylic acids is 1. The third-order valence-corrected chi connectivity index (χ3v) is 6.35. The molecule has 2 unspecified atom stereocenters. The Labute approximate surface area is 241 Å². The molecular formula is C31H41NO9. The fraction of sp³-hybridized carbons (Fsp3) is 0.484. The number of carbonyl (C=O) groups is 4. The van der Waals surface area contributed by atoms with Gasteiger partial charge in [0.1, 0.15) is 11.8 Å². The maximum Gasteiger partial charge on any atom is 0.513 e. The molecule has 3 atom stereocenters. The minimum absolute atomic E-state index is 0.0200. The SMILES string of the molecule is CC(C)CCC(=O)Oc1ccc(C(C(C)COC(=O)Oc2ccccc2)[C@H](N)C(=O)O)cc1OC(=O)CCC(C)C. The zero-order chi connectivity index (χ0) is 30.5. The number of carboxylic acids is 1. The van der Waals surface area contributed by atoms with E-state index in [9.17, 15) is 24.3 Å². The predicted octanol–water partition coefficient (Wildman–Crippen LogP) is 5.72. The fourth-order valence-electron chi connectivity index (χ4n) is 4.02. The van der Waals surface area contributed by atoms with Gasteiger partial charge in [-0.15, -0.1) is 0 Å². The van der Waals surface area contributed by atoms with E-state index in [1.165, 1.54) is 12.1 Å². The van der Waals surface area contributed by atoms with E-state index in [0.717, 1.165) is 0 Å². The van der Waals surface area contributed by atoms with Crippen LogP contribution in [0, 0.1) is 17.8 Å². The highest BCUT2D eigenvalue weighted by Gasteiger charge is 2.33. The largest absolute Gasteiger partial charge is 0.513 e. The summed E-state index contributed by atoms with van der Waals surface area (Å²) >= 11 is 0. The van der Waals surface area contributed by atoms with Gasteiger partial charge in [0.15, 0.2) is 11.5 Å². The van der Waals surface area contributed by atoms with Crippen molar-refractivity contribution in [1.29, 1.82) is 0 Å². The van der Waals surface area contributed by atoms with Crippen LogP contribution < -0.4 is 19.9 Å². The molecule has 0 aliphatic heterocycles. The molecule has 0 aliphatic carbocycles. The Morgan fingerprint density at radius 3 is 1.88 bits per heavy atom. The number of nitrogens with two attached hydrogens (primary N) is 1. The van der Waals surface area contributed by atoms with Crippen LogP contribution >= 0.6 is 0 Å². The van der Waals surface area contributed by atoms with Crippen LogP contribution in [-0.4, -0.2) is 41.8 Å². The topological polar surface area (TPSA) is 151 Å². The third kappa shape index (κ3) is 11.6. The van der Waals surface area contributed by atoms with Crippen LogP contribution in [0.4, 0.5) is 4.79 Å². The normalized spacial score (nSPS) is 13.3. The quantitative estimate of drug-likeness (QED) is 0.154. The highest BCUT2D eigenvalue weighted by atomic mass is 16.7. The second kappa shape index (κ2) is 16.4. The van der Waals surface area contributed by atoms with E-state index in [4.69, 9.17) is 24.7 Å². The van der Waals surface area contributed by atoms with Gasteiger partial charge in [-0.05, 0) is 60.4 Å². The highest BCUT2D eigenvalue weighted by molar-refractivity contribution is 5.77. The van der Waals surface area contributed by atoms with Gasteiger partial charge in [0.05, 0.1) is 6.61 Å². The van der Waals surface area contributed by atoms with Crippen LogP contribution in [0.25, 0.3) is 0 Å². The maximum absolute atomic E-state index is 12.6. The summed E-state index contributed by atoms with van der Waals surface area (Å²) < 4.78 is 21.5. The average molecular weight is 572 g/mol. The standard InChI is InChI=1S/C31H41NO9/c1-19(2)11-15-26(33)40-24-14-13-22(17-25(24)41-27(34)16-12-20(3)4)28(29(32)30(35)36)21(5)18-38-31(37)39-23-9-7-6-8-10-23/h6-10,13-14,17,19-21,28-29H,11-12,15-16,18,32H2,1-5H3,(H,35,36)/t21?,28?,29-/m0/s1. The van der Waals surface area contributed by atoms with Gasteiger partial charge in [-0.3, -0.25) is 14.4 Å². The number of carboxylic acid groups (broad SMARTS) is 1. The molecule has 2 rings (SSSR count). The monoisotopic (exact) mass is 571 g/mol. The van der Waals surface area contributed by atoms with Crippen molar-refractivity contribution >= 4 is 24.1 Å². The van der Waals surface area contributed by atoms with Gasteiger partial charge in [0, 0.05) is 18.8 Å². The number of para-hydroxylation sites is 1. The number of ether oxygens (including phenoxy) is 4. The van der Waals surface area contributed by atoms with Crippen molar-refractivity contribution in [1.82, 2.24) is 0 Å². The molecular weight excluding hydrogens is 530 g/mol. The Morgan fingerprint density at radius 1 is 0.780 bits per heavy atom. The maximum atomic E-state index is 12.6. The number of hydrogen-bond donors (Lipinski definition) is 2. The van der Waals surface area contributed by atoms with Crippen LogP contribution in [0.5, 0.6) is 17.2 Å². The van der Waals surface area contributed by atoms with Crippen molar-refractivity contribution in [2.75, 3.05) is 6.61 Å². The molecule has 224 valence electrons. The molecule has 0 radical (unpaired) electrons. The number of benzene rings is 2. The van der Waals surface area contributed by atoms with Crippen LogP contribution in [0.2, 0.25) is 0 Å². The van der Waals surface area contributed by atoms with Gasteiger partial charge in [0.25, 0.3) is 0 Å². The minimum Gasteiger partial charge on any atom is -0.480 e. The van der Waals surface area contributed by atoms with Crippen molar-refractivity contribution in [3.05, 3.63) is 54.1 Å². The molecule has 0 fully saturated rings. The highest BCUT2D eigenvalue weighted by Crippen LogP contribution is 2.36. The van der Waals surface area contributed by atoms with Crippen molar-refractivity contribution in [2.45, 2.75) is 72.3 Å². The van der Waals surface area contributed by atoms with Crippen LogP contribution in [0.15, 0.2) is 48.5 Å². The summed E-state index contributed by atoms with van der Waals surface area (Å²) in [6.45, 7) is 9.41. The van der Waals surface area contributed by atoms with E-state index in [1.807, 2.05) is 27.7 Å². The van der Waals surface area contributed by atoms with E-state index < -0.39 is 41.9 Å². The van der Waals surface area contributed by atoms with E-state index in [0.29, 0.717) is 30.1 Å². The molecule has 10 heteroatoms. The molecule has 0 amide bonds. The molecule has 0 saturated heterocycles. The summed E-state index contributed by atoms with van der Waals surface area (Å²) in [5.41, 5.74) is 6.48. The summed E-state index contributed by atoms with van der Waals surface area (Å²) in [5, 5.41) is 9.74. The lowest BCUT2D eigenvalue weighted by atomic mass is 9.82. The molecule has 2 aromatic carbocycles. The lowest BCUT2D eigenvalue weighted by Crippen LogP contribution is -2.40. The first-order valence-corrected chi connectivity index (χ1v) is 13.8. The lowest BCUT2D eigenvalue weighted by molar-refractivity contribution is -0.139. The zero-order valence-electron chi connectivity index (χ0n) is 24.3. The smallest absolute Gasteiger partial charge is 0.480 e. The van der Waals surface area contributed by atoms with Crippen molar-refractivity contribution in [3.8, 4) is 17.2 Å². The Morgan fingerprint density at radius 2 is 1.34 bits per heavy atom. The van der Waals surface area contributed by atoms with Crippen LogP contribution in [-0.2, 0) is 19.1 Å². The number of hydrogen-bond acceptors (Lipinski definition) is 9. The first kappa shape index (κ1) is 33.3. The fourth-order valence-corrected chi connectivity index (χ4v) is 4.02. The van der Waals surface area contributed by atoms with Gasteiger partial charge in [0.2, 0.25) is 0 Å². The first-order chi connectivity index (χ1) is 19.4.